The van der Waals surface area contributed by atoms with E-state index in [1.165, 1.54) is 58.0 Å². The number of anilines is 2. The topological polar surface area (TPSA) is 67.1 Å². The number of nitrogens with two attached hydrogens (primary N) is 1. The van der Waals surface area contributed by atoms with Gasteiger partial charge in [-0.2, -0.15) is 4.98 Å². The highest BCUT2D eigenvalue weighted by molar-refractivity contribution is 5.35. The van der Waals surface area contributed by atoms with Gasteiger partial charge in [0.2, 0.25) is 5.95 Å². The van der Waals surface area contributed by atoms with Gasteiger partial charge in [-0.15, -0.1) is 0 Å². The van der Waals surface area contributed by atoms with Crippen molar-refractivity contribution in [1.29, 1.82) is 0 Å². The summed E-state index contributed by atoms with van der Waals surface area (Å²) in [6.07, 6.45) is 11.1. The first-order valence-electron chi connectivity index (χ1n) is 7.86. The molecule has 3 rings (SSSR count). The quantitative estimate of drug-likeness (QED) is 0.882. The van der Waals surface area contributed by atoms with Crippen LogP contribution in [0.1, 0.15) is 44.9 Å². The first-order valence-corrected chi connectivity index (χ1v) is 7.86. The zero-order chi connectivity index (χ0) is 13.8. The van der Waals surface area contributed by atoms with Crippen LogP contribution in [0.4, 0.5) is 11.8 Å². The van der Waals surface area contributed by atoms with Gasteiger partial charge in [-0.3, -0.25) is 4.90 Å². The Morgan fingerprint density at radius 1 is 1.15 bits per heavy atom. The van der Waals surface area contributed by atoms with Crippen molar-refractivity contribution < 1.29 is 0 Å². The van der Waals surface area contributed by atoms with E-state index in [9.17, 15) is 0 Å². The van der Waals surface area contributed by atoms with Crippen LogP contribution in [-0.2, 0) is 0 Å². The normalized spacial score (nSPS) is 22.8. The molecule has 0 aromatic carbocycles. The van der Waals surface area contributed by atoms with E-state index in [4.69, 9.17) is 5.73 Å². The Balaban J connectivity index is 1.67. The van der Waals surface area contributed by atoms with Crippen LogP contribution in [0.5, 0.6) is 0 Å². The molecule has 1 aliphatic heterocycles. The minimum absolute atomic E-state index is 0.314. The molecule has 5 heteroatoms. The van der Waals surface area contributed by atoms with Gasteiger partial charge in [-0.1, -0.05) is 19.3 Å². The van der Waals surface area contributed by atoms with Crippen LogP contribution < -0.4 is 11.1 Å². The van der Waals surface area contributed by atoms with Gasteiger partial charge in [0.05, 0.1) is 0 Å². The second-order valence-corrected chi connectivity index (χ2v) is 6.14. The molecule has 1 aromatic heterocycles. The van der Waals surface area contributed by atoms with E-state index in [2.05, 4.69) is 20.2 Å². The van der Waals surface area contributed by atoms with Crippen LogP contribution in [0.3, 0.4) is 0 Å². The lowest BCUT2D eigenvalue weighted by molar-refractivity contribution is 0.0807. The lowest BCUT2D eigenvalue weighted by Crippen LogP contribution is -2.53. The summed E-state index contributed by atoms with van der Waals surface area (Å²) in [5.41, 5.74) is 6.03. The Hall–Kier alpha value is -1.36. The number of nitrogen functional groups attached to an aromatic ring is 1. The van der Waals surface area contributed by atoms with Crippen molar-refractivity contribution in [3.05, 3.63) is 12.3 Å². The molecule has 1 aliphatic carbocycles. The van der Waals surface area contributed by atoms with Gasteiger partial charge in [0, 0.05) is 18.3 Å². The molecule has 1 saturated heterocycles. The third-order valence-electron chi connectivity index (χ3n) is 4.81. The summed E-state index contributed by atoms with van der Waals surface area (Å²) in [6, 6.07) is 1.72. The number of nitrogens with one attached hydrogen (secondary N) is 1. The van der Waals surface area contributed by atoms with Crippen molar-refractivity contribution in [2.24, 2.45) is 0 Å². The van der Waals surface area contributed by atoms with Crippen molar-refractivity contribution in [3.63, 3.8) is 0 Å². The highest BCUT2D eigenvalue weighted by Crippen LogP contribution is 2.37. The molecule has 0 spiro atoms. The zero-order valence-electron chi connectivity index (χ0n) is 12.1. The molecule has 0 bridgehead atoms. The maximum atomic E-state index is 5.72. The summed E-state index contributed by atoms with van der Waals surface area (Å²) in [6.45, 7) is 3.44. The fourth-order valence-electron chi connectivity index (χ4n) is 3.71. The third kappa shape index (κ3) is 2.87. The van der Waals surface area contributed by atoms with Gasteiger partial charge in [-0.05, 0) is 44.8 Å². The average molecular weight is 275 g/mol. The zero-order valence-corrected chi connectivity index (χ0v) is 12.1. The molecule has 0 atom stereocenters. The van der Waals surface area contributed by atoms with E-state index >= 15 is 0 Å². The van der Waals surface area contributed by atoms with E-state index in [-0.39, 0.29) is 0 Å². The van der Waals surface area contributed by atoms with Crippen molar-refractivity contribution in [2.75, 3.05) is 30.7 Å². The Bertz CT molecular complexity index is 436. The minimum atomic E-state index is 0.314. The number of hydrogen-bond donors (Lipinski definition) is 2. The predicted octanol–water partition coefficient (Wildman–Crippen LogP) is 2.27. The van der Waals surface area contributed by atoms with Crippen LogP contribution in [0.2, 0.25) is 0 Å². The molecule has 2 fully saturated rings. The summed E-state index contributed by atoms with van der Waals surface area (Å²) in [5.74, 6) is 1.19. The number of hydrogen-bond acceptors (Lipinski definition) is 5. The number of likely N-dealkylation sites (tertiary alicyclic amines) is 1. The van der Waals surface area contributed by atoms with Gasteiger partial charge >= 0.3 is 0 Å². The summed E-state index contributed by atoms with van der Waals surface area (Å²) < 4.78 is 0. The fourth-order valence-corrected chi connectivity index (χ4v) is 3.71. The number of piperidine rings is 1. The number of nitrogens with zero attached hydrogens (tertiary/aromatic N) is 3. The van der Waals surface area contributed by atoms with Crippen molar-refractivity contribution in [1.82, 2.24) is 14.9 Å². The second kappa shape index (κ2) is 5.95. The van der Waals surface area contributed by atoms with E-state index in [1.54, 1.807) is 12.3 Å². The van der Waals surface area contributed by atoms with Crippen LogP contribution in [0.25, 0.3) is 0 Å². The predicted molar refractivity (Wildman–Crippen MR) is 81.6 cm³/mol. The average Bonchev–Trinajstić information content (AvgIpc) is 2.96. The maximum absolute atomic E-state index is 5.72. The maximum Gasteiger partial charge on any atom is 0.224 e. The van der Waals surface area contributed by atoms with Crippen LogP contribution in [0.15, 0.2) is 12.3 Å². The largest absolute Gasteiger partial charge is 0.384 e. The van der Waals surface area contributed by atoms with Crippen molar-refractivity contribution in [2.45, 2.75) is 50.5 Å². The number of aromatic nitrogens is 2. The lowest BCUT2D eigenvalue weighted by atomic mass is 9.92. The van der Waals surface area contributed by atoms with Crippen LogP contribution in [-0.4, -0.2) is 40.0 Å². The van der Waals surface area contributed by atoms with Gasteiger partial charge in [-0.25, -0.2) is 4.98 Å². The van der Waals surface area contributed by atoms with E-state index < -0.39 is 0 Å². The smallest absolute Gasteiger partial charge is 0.224 e. The molecule has 3 N–H and O–H groups in total. The highest BCUT2D eigenvalue weighted by Gasteiger charge is 2.39. The van der Waals surface area contributed by atoms with E-state index in [0.717, 1.165) is 6.54 Å². The van der Waals surface area contributed by atoms with Crippen LogP contribution in [0, 0.1) is 0 Å². The van der Waals surface area contributed by atoms with Crippen molar-refractivity contribution >= 4 is 11.8 Å². The summed E-state index contributed by atoms with van der Waals surface area (Å²) >= 11 is 0. The molecule has 0 radical (unpaired) electrons. The minimum Gasteiger partial charge on any atom is -0.384 e. The first-order chi connectivity index (χ1) is 9.78. The Morgan fingerprint density at radius 3 is 2.60 bits per heavy atom. The van der Waals surface area contributed by atoms with E-state index in [0.29, 0.717) is 17.3 Å². The standard InChI is InChI=1S/C15H25N5/c16-13-6-9-17-14(19-13)18-12-15(7-2-3-8-15)20-10-4-1-5-11-20/h6,9H,1-5,7-8,10-12H2,(H3,16,17,18,19). The summed E-state index contributed by atoms with van der Waals surface area (Å²) in [4.78, 5) is 11.2. The Morgan fingerprint density at radius 2 is 1.90 bits per heavy atom. The fraction of sp³-hybridized carbons (Fsp3) is 0.733. The molecule has 1 aromatic rings. The van der Waals surface area contributed by atoms with Gasteiger partial charge in [0.25, 0.3) is 0 Å². The van der Waals surface area contributed by atoms with Crippen molar-refractivity contribution in [3.8, 4) is 0 Å². The molecule has 2 aliphatic rings. The molecular weight excluding hydrogens is 250 g/mol. The third-order valence-corrected chi connectivity index (χ3v) is 4.81. The molecule has 1 saturated carbocycles. The molecular formula is C15H25N5. The lowest BCUT2D eigenvalue weighted by Gasteiger charge is -2.43. The molecule has 110 valence electrons. The van der Waals surface area contributed by atoms with Gasteiger partial charge in [0.1, 0.15) is 5.82 Å². The second-order valence-electron chi connectivity index (χ2n) is 6.14. The Labute approximate surface area is 121 Å². The highest BCUT2D eigenvalue weighted by atomic mass is 15.2. The summed E-state index contributed by atoms with van der Waals surface area (Å²) in [7, 11) is 0. The first kappa shape index (κ1) is 13.6. The van der Waals surface area contributed by atoms with Crippen LogP contribution >= 0.6 is 0 Å². The van der Waals surface area contributed by atoms with E-state index in [1.807, 2.05) is 0 Å². The number of rotatable bonds is 4. The molecule has 5 nitrogen and oxygen atoms in total. The van der Waals surface area contributed by atoms with Gasteiger partial charge in [0.15, 0.2) is 0 Å². The molecule has 20 heavy (non-hydrogen) atoms. The molecule has 2 heterocycles. The summed E-state index contributed by atoms with van der Waals surface area (Å²) in [5, 5.41) is 3.42. The van der Waals surface area contributed by atoms with Gasteiger partial charge < -0.3 is 11.1 Å². The Kier molecular flexibility index (Phi) is 4.05. The monoisotopic (exact) mass is 275 g/mol. The molecule has 0 unspecified atom stereocenters. The molecule has 0 amide bonds. The SMILES string of the molecule is Nc1ccnc(NCC2(N3CCCCC3)CCCC2)n1.